The predicted octanol–water partition coefficient (Wildman–Crippen LogP) is 1.58. The van der Waals surface area contributed by atoms with Gasteiger partial charge in [-0.05, 0) is 36.8 Å². The van der Waals surface area contributed by atoms with Gasteiger partial charge >= 0.3 is 0 Å². The maximum atomic E-state index is 12.7. The Bertz CT molecular complexity index is 823. The highest BCUT2D eigenvalue weighted by atomic mass is 16.5. The summed E-state index contributed by atoms with van der Waals surface area (Å²) in [5.74, 6) is 6.16. The fourth-order valence-corrected chi connectivity index (χ4v) is 3.18. The van der Waals surface area contributed by atoms with Crippen LogP contribution in [0, 0.1) is 0 Å². The Hall–Kier alpha value is -2.90. The van der Waals surface area contributed by atoms with E-state index in [-0.39, 0.29) is 12.5 Å². The van der Waals surface area contributed by atoms with E-state index in [1.807, 2.05) is 61.5 Å². The Morgan fingerprint density at radius 2 is 1.96 bits per heavy atom. The minimum atomic E-state index is -1.14. The van der Waals surface area contributed by atoms with Crippen molar-refractivity contribution in [3.8, 4) is 5.75 Å². The number of rotatable bonds is 8. The molecule has 2 aromatic rings. The maximum Gasteiger partial charge on any atom is 0.266 e. The highest BCUT2D eigenvalue weighted by molar-refractivity contribution is 6.00. The Labute approximate surface area is 164 Å². The van der Waals surface area contributed by atoms with E-state index >= 15 is 0 Å². The Balaban J connectivity index is 1.85. The van der Waals surface area contributed by atoms with Gasteiger partial charge in [-0.15, -0.1) is 0 Å². The van der Waals surface area contributed by atoms with Crippen molar-refractivity contribution < 1.29 is 19.4 Å². The average molecular weight is 383 g/mol. The summed E-state index contributed by atoms with van der Waals surface area (Å²) in [5, 5.41) is 8.82. The first-order valence-corrected chi connectivity index (χ1v) is 9.24. The number of nitrogens with one attached hydrogen (secondary N) is 1. The van der Waals surface area contributed by atoms with Crippen LogP contribution in [0.5, 0.6) is 5.75 Å². The van der Waals surface area contributed by atoms with Crippen molar-refractivity contribution >= 4 is 11.8 Å². The predicted molar refractivity (Wildman–Crippen MR) is 106 cm³/mol. The summed E-state index contributed by atoms with van der Waals surface area (Å²) in [6.45, 7) is 2.36. The zero-order valence-electron chi connectivity index (χ0n) is 15.8. The van der Waals surface area contributed by atoms with Gasteiger partial charge in [0.05, 0.1) is 6.61 Å². The first kappa shape index (κ1) is 19.9. The van der Waals surface area contributed by atoms with E-state index in [1.54, 1.807) is 0 Å². The van der Waals surface area contributed by atoms with E-state index in [2.05, 4.69) is 10.4 Å². The molecule has 4 N–H and O–H groups in total. The van der Waals surface area contributed by atoms with Crippen LogP contribution in [0.2, 0.25) is 0 Å². The number of carbonyl (C=O) groups excluding carboxylic acids is 1. The number of aliphatic imine (C=N–C) groups is 1. The van der Waals surface area contributed by atoms with Gasteiger partial charge in [0, 0.05) is 25.0 Å². The first-order chi connectivity index (χ1) is 13.6. The van der Waals surface area contributed by atoms with Gasteiger partial charge in [-0.1, -0.05) is 30.3 Å². The lowest BCUT2D eigenvalue weighted by atomic mass is 9.86. The zero-order chi connectivity index (χ0) is 20.0. The van der Waals surface area contributed by atoms with Gasteiger partial charge in [0.2, 0.25) is 5.90 Å². The van der Waals surface area contributed by atoms with Gasteiger partial charge in [0.25, 0.3) is 5.91 Å². The van der Waals surface area contributed by atoms with Crippen molar-refractivity contribution in [1.29, 1.82) is 0 Å². The fourth-order valence-electron chi connectivity index (χ4n) is 3.18. The molecule has 1 aliphatic heterocycles. The molecule has 0 saturated carbocycles. The molecule has 2 aromatic carbocycles. The number of benzene rings is 2. The van der Waals surface area contributed by atoms with Crippen LogP contribution in [0.4, 0.5) is 0 Å². The molecule has 7 heteroatoms. The summed E-state index contributed by atoms with van der Waals surface area (Å²) in [4.78, 5) is 17.3. The van der Waals surface area contributed by atoms with E-state index < -0.39 is 11.6 Å². The first-order valence-electron chi connectivity index (χ1n) is 9.24. The Morgan fingerprint density at radius 1 is 1.25 bits per heavy atom. The normalized spacial score (nSPS) is 21.0. The third-order valence-electron chi connectivity index (χ3n) is 4.78. The Morgan fingerprint density at radius 3 is 2.61 bits per heavy atom. The third-order valence-corrected chi connectivity index (χ3v) is 4.78. The molecule has 0 bridgehead atoms. The monoisotopic (exact) mass is 383 g/mol. The summed E-state index contributed by atoms with van der Waals surface area (Å²) in [6.07, 6.45) is 0.474. The van der Waals surface area contributed by atoms with E-state index in [0.29, 0.717) is 31.1 Å². The lowest BCUT2D eigenvalue weighted by Crippen LogP contribution is -2.54. The molecule has 148 valence electrons. The smallest absolute Gasteiger partial charge is 0.266 e. The fraction of sp³-hybridized carbons (Fsp3) is 0.333. The lowest BCUT2D eigenvalue weighted by Gasteiger charge is -2.27. The van der Waals surface area contributed by atoms with Crippen LogP contribution in [0.15, 0.2) is 59.6 Å². The van der Waals surface area contributed by atoms with Crippen molar-refractivity contribution in [1.82, 2.24) is 5.43 Å². The molecule has 0 spiro atoms. The second-order valence-electron chi connectivity index (χ2n) is 6.69. The van der Waals surface area contributed by atoms with Crippen LogP contribution in [-0.2, 0) is 16.0 Å². The van der Waals surface area contributed by atoms with Crippen LogP contribution in [0.3, 0.4) is 0 Å². The molecule has 0 aromatic heterocycles. The number of hydrazine groups is 1. The summed E-state index contributed by atoms with van der Waals surface area (Å²) in [5.41, 5.74) is 2.83. The summed E-state index contributed by atoms with van der Waals surface area (Å²) >= 11 is 0. The van der Waals surface area contributed by atoms with Crippen molar-refractivity contribution in [2.24, 2.45) is 10.8 Å². The summed E-state index contributed by atoms with van der Waals surface area (Å²) < 4.78 is 11.5. The van der Waals surface area contributed by atoms with Gasteiger partial charge in [0.1, 0.15) is 11.9 Å². The highest BCUT2D eigenvalue weighted by Crippen LogP contribution is 2.32. The molecule has 0 unspecified atom stereocenters. The van der Waals surface area contributed by atoms with Crippen LogP contribution in [0.25, 0.3) is 0 Å². The minimum absolute atomic E-state index is 0.0906. The van der Waals surface area contributed by atoms with Gasteiger partial charge in [-0.2, -0.15) is 0 Å². The molecule has 28 heavy (non-hydrogen) atoms. The molecule has 2 atom stereocenters. The number of aliphatic hydroxyl groups excluding tert-OH is 1. The van der Waals surface area contributed by atoms with Crippen molar-refractivity contribution in [2.75, 3.05) is 13.2 Å². The molecule has 0 saturated heterocycles. The molecule has 7 nitrogen and oxygen atoms in total. The number of nitrogens with two attached hydrogens (primary N) is 1. The number of amides is 1. The van der Waals surface area contributed by atoms with Crippen molar-refractivity contribution in [3.63, 3.8) is 0 Å². The molecule has 1 aliphatic rings. The van der Waals surface area contributed by atoms with Gasteiger partial charge in [-0.25, -0.2) is 10.8 Å². The van der Waals surface area contributed by atoms with E-state index in [4.69, 9.17) is 20.4 Å². The van der Waals surface area contributed by atoms with Crippen LogP contribution in [-0.4, -0.2) is 41.8 Å². The second-order valence-corrected chi connectivity index (χ2v) is 6.69. The number of ether oxygens (including phenoxy) is 2. The molecular formula is C21H25N3O4. The quantitative estimate of drug-likeness (QED) is 0.278. The van der Waals surface area contributed by atoms with Crippen molar-refractivity contribution in [3.05, 3.63) is 65.7 Å². The topological polar surface area (TPSA) is 106 Å². The van der Waals surface area contributed by atoms with E-state index in [1.165, 1.54) is 0 Å². The number of aliphatic hydroxyl groups is 1. The number of carbonyl (C=O) groups is 1. The Kier molecular flexibility index (Phi) is 6.28. The third kappa shape index (κ3) is 4.16. The summed E-state index contributed by atoms with van der Waals surface area (Å²) in [6, 6.07) is 16.9. The second kappa shape index (κ2) is 8.86. The minimum Gasteiger partial charge on any atom is -0.494 e. The summed E-state index contributed by atoms with van der Waals surface area (Å²) in [7, 11) is 0. The molecule has 0 radical (unpaired) electrons. The number of hydrogen-bond acceptors (Lipinski definition) is 6. The van der Waals surface area contributed by atoms with E-state index in [9.17, 15) is 4.79 Å². The van der Waals surface area contributed by atoms with Crippen LogP contribution in [0.1, 0.15) is 24.5 Å². The largest absolute Gasteiger partial charge is 0.494 e. The molecular weight excluding hydrogens is 358 g/mol. The zero-order valence-corrected chi connectivity index (χ0v) is 15.8. The van der Waals surface area contributed by atoms with Crippen LogP contribution >= 0.6 is 0 Å². The standard InChI is InChI=1S/C21H25N3O4/c1-15-21(20(26)24-22,14-16-6-3-2-4-7-16)23-19(28-15)17-8-10-18(11-9-17)27-13-5-12-25/h2-4,6-11,15,25H,5,12-14,22H2,1H3,(H,24,26)/t15-,21-/m0/s1. The number of hydrogen-bond donors (Lipinski definition) is 3. The lowest BCUT2D eigenvalue weighted by molar-refractivity contribution is -0.128. The molecule has 3 rings (SSSR count). The number of nitrogens with zero attached hydrogens (tertiary/aromatic N) is 1. The molecule has 0 fully saturated rings. The highest BCUT2D eigenvalue weighted by Gasteiger charge is 2.50. The van der Waals surface area contributed by atoms with Crippen LogP contribution < -0.4 is 16.0 Å². The van der Waals surface area contributed by atoms with Crippen molar-refractivity contribution in [2.45, 2.75) is 31.4 Å². The average Bonchev–Trinajstić information content (AvgIpc) is 3.06. The SMILES string of the molecule is C[C@@H]1OC(c2ccc(OCCCO)cc2)=N[C@]1(Cc1ccccc1)C(=O)NN. The molecule has 1 heterocycles. The molecule has 1 amide bonds. The maximum absolute atomic E-state index is 12.7. The van der Waals surface area contributed by atoms with Gasteiger partial charge in [0.15, 0.2) is 5.54 Å². The molecule has 0 aliphatic carbocycles. The van der Waals surface area contributed by atoms with Gasteiger partial charge in [-0.3, -0.25) is 10.2 Å². The van der Waals surface area contributed by atoms with E-state index in [0.717, 1.165) is 11.1 Å². The van der Waals surface area contributed by atoms with Gasteiger partial charge < -0.3 is 14.6 Å².